The van der Waals surface area contributed by atoms with E-state index in [1.807, 2.05) is 12.1 Å². The number of aryl methyl sites for hydroxylation is 3. The van der Waals surface area contributed by atoms with Crippen molar-refractivity contribution in [2.24, 2.45) is 7.05 Å². The number of benzene rings is 1. The van der Waals surface area contributed by atoms with E-state index < -0.39 is 10.0 Å². The summed E-state index contributed by atoms with van der Waals surface area (Å²) in [5.74, 6) is 0.259. The summed E-state index contributed by atoms with van der Waals surface area (Å²) in [6.07, 6.45) is 1.48. The van der Waals surface area contributed by atoms with Crippen LogP contribution < -0.4 is 0 Å². The molecule has 0 amide bonds. The largest absolute Gasteiger partial charge is 0.255 e. The Morgan fingerprint density at radius 1 is 1.17 bits per heavy atom. The Morgan fingerprint density at radius 2 is 1.80 bits per heavy atom. The van der Waals surface area contributed by atoms with E-state index in [0.717, 1.165) is 33.6 Å². The second-order valence-corrected chi connectivity index (χ2v) is 11.9. The fourth-order valence-corrected chi connectivity index (χ4v) is 7.40. The molecule has 0 N–H and O–H groups in total. The molecule has 1 aromatic carbocycles. The van der Waals surface area contributed by atoms with Crippen molar-refractivity contribution in [2.75, 3.05) is 13.1 Å². The molecule has 0 radical (unpaired) electrons. The first-order valence-corrected chi connectivity index (χ1v) is 13.0. The van der Waals surface area contributed by atoms with Gasteiger partial charge in [0.15, 0.2) is 0 Å². The molecule has 3 aromatic rings. The van der Waals surface area contributed by atoms with Crippen LogP contribution in [0, 0.1) is 13.8 Å². The molecule has 0 unspecified atom stereocenters. The van der Waals surface area contributed by atoms with E-state index in [1.165, 1.54) is 13.9 Å². The fourth-order valence-electron chi connectivity index (χ4n) is 3.84. The highest BCUT2D eigenvalue weighted by atomic mass is 79.9. The molecule has 3 heterocycles. The molecule has 0 bridgehead atoms. The lowest BCUT2D eigenvalue weighted by molar-refractivity contribution is 0.319. The Kier molecular flexibility index (Phi) is 6.11. The molecule has 0 aliphatic carbocycles. The van der Waals surface area contributed by atoms with Crippen LogP contribution in [0.5, 0.6) is 0 Å². The van der Waals surface area contributed by atoms with Crippen LogP contribution in [0.25, 0.3) is 11.3 Å². The lowest BCUT2D eigenvalue weighted by Crippen LogP contribution is -2.38. The average molecular weight is 530 g/mol. The number of rotatable bonds is 4. The minimum absolute atomic E-state index is 0.118. The van der Waals surface area contributed by atoms with E-state index in [4.69, 9.17) is 16.6 Å². The summed E-state index contributed by atoms with van der Waals surface area (Å²) in [6, 6.07) is 8.15. The van der Waals surface area contributed by atoms with Crippen molar-refractivity contribution in [2.45, 2.75) is 37.5 Å². The van der Waals surface area contributed by atoms with Gasteiger partial charge in [-0.1, -0.05) is 39.7 Å². The van der Waals surface area contributed by atoms with E-state index in [0.29, 0.717) is 18.8 Å². The van der Waals surface area contributed by atoms with E-state index >= 15 is 0 Å². The third kappa shape index (κ3) is 3.98. The Bertz CT molecular complexity index is 1180. The van der Waals surface area contributed by atoms with Crippen LogP contribution in [-0.4, -0.2) is 40.6 Å². The number of hydrogen-bond acceptors (Lipinski definition) is 5. The third-order valence-electron chi connectivity index (χ3n) is 5.43. The lowest BCUT2D eigenvalue weighted by Gasteiger charge is -2.30. The SMILES string of the molecule is Cc1nn(C)c(Cl)c1S(=O)(=O)N1CCC(c2nc(-c3ccc(Br)cc3)c(C)s2)CC1. The lowest BCUT2D eigenvalue weighted by atomic mass is 9.99. The molecule has 0 atom stereocenters. The molecule has 160 valence electrons. The third-order valence-corrected chi connectivity index (χ3v) is 9.69. The van der Waals surface area contributed by atoms with Crippen molar-refractivity contribution in [3.8, 4) is 11.3 Å². The molecule has 0 spiro atoms. The molecule has 0 saturated carbocycles. The number of aromatic nitrogens is 3. The average Bonchev–Trinajstić information content (AvgIpc) is 3.22. The van der Waals surface area contributed by atoms with Gasteiger partial charge in [0, 0.05) is 41.0 Å². The first-order valence-electron chi connectivity index (χ1n) is 9.61. The number of halogens is 2. The highest BCUT2D eigenvalue weighted by Gasteiger charge is 2.35. The van der Waals surface area contributed by atoms with Gasteiger partial charge in [-0.2, -0.15) is 9.40 Å². The smallest absolute Gasteiger partial charge is 0.248 e. The summed E-state index contributed by atoms with van der Waals surface area (Å²) < 4.78 is 30.2. The van der Waals surface area contributed by atoms with E-state index in [-0.39, 0.29) is 16.0 Å². The zero-order chi connectivity index (χ0) is 21.6. The van der Waals surface area contributed by atoms with Crippen molar-refractivity contribution in [1.82, 2.24) is 19.1 Å². The predicted octanol–water partition coefficient (Wildman–Crippen LogP) is 5.14. The number of sulfonamides is 1. The zero-order valence-electron chi connectivity index (χ0n) is 16.9. The maximum absolute atomic E-state index is 13.1. The molecule has 30 heavy (non-hydrogen) atoms. The maximum atomic E-state index is 13.1. The standard InChI is InChI=1S/C20H22BrClN4O2S2/c1-12-18(19(22)25(3)24-12)30(27,28)26-10-8-15(9-11-26)20-23-17(13(2)29-20)14-4-6-16(21)7-5-14/h4-7,15H,8-11H2,1-3H3. The summed E-state index contributed by atoms with van der Waals surface area (Å²) >= 11 is 11.4. The van der Waals surface area contributed by atoms with Crippen molar-refractivity contribution < 1.29 is 8.42 Å². The minimum atomic E-state index is -3.66. The van der Waals surface area contributed by atoms with Crippen LogP contribution in [0.15, 0.2) is 33.6 Å². The summed E-state index contributed by atoms with van der Waals surface area (Å²) in [5.41, 5.74) is 2.54. The first kappa shape index (κ1) is 22.0. The molecular weight excluding hydrogens is 508 g/mol. The fraction of sp³-hybridized carbons (Fsp3) is 0.400. The summed E-state index contributed by atoms with van der Waals surface area (Å²) in [7, 11) is -2.01. The Morgan fingerprint density at radius 3 is 2.37 bits per heavy atom. The molecule has 1 saturated heterocycles. The molecule has 1 aliphatic heterocycles. The molecule has 10 heteroatoms. The molecule has 2 aromatic heterocycles. The first-order chi connectivity index (χ1) is 14.2. The van der Waals surface area contributed by atoms with Crippen LogP contribution in [0.1, 0.15) is 34.3 Å². The summed E-state index contributed by atoms with van der Waals surface area (Å²) in [6.45, 7) is 4.66. The molecule has 1 aliphatic rings. The minimum Gasteiger partial charge on any atom is -0.255 e. The van der Waals surface area contributed by atoms with Crippen LogP contribution >= 0.6 is 38.9 Å². The van der Waals surface area contributed by atoms with Gasteiger partial charge >= 0.3 is 0 Å². The summed E-state index contributed by atoms with van der Waals surface area (Å²) in [5, 5.41) is 5.39. The second-order valence-electron chi connectivity index (χ2n) is 7.47. The van der Waals surface area contributed by atoms with Gasteiger partial charge in [0.25, 0.3) is 0 Å². The van der Waals surface area contributed by atoms with E-state index in [1.54, 1.807) is 25.3 Å². The van der Waals surface area contributed by atoms with Crippen LogP contribution in [-0.2, 0) is 17.1 Å². The number of nitrogens with zero attached hydrogens (tertiary/aromatic N) is 4. The van der Waals surface area contributed by atoms with Gasteiger partial charge in [-0.3, -0.25) is 4.68 Å². The van der Waals surface area contributed by atoms with Crippen molar-refractivity contribution in [3.63, 3.8) is 0 Å². The summed E-state index contributed by atoms with van der Waals surface area (Å²) in [4.78, 5) is 6.21. The number of piperidine rings is 1. The van der Waals surface area contributed by atoms with Crippen LogP contribution in [0.3, 0.4) is 0 Å². The molecule has 6 nitrogen and oxygen atoms in total. The Labute approximate surface area is 194 Å². The zero-order valence-corrected chi connectivity index (χ0v) is 20.9. The van der Waals surface area contributed by atoms with Gasteiger partial charge in [-0.25, -0.2) is 13.4 Å². The maximum Gasteiger partial charge on any atom is 0.248 e. The number of thiazole rings is 1. The van der Waals surface area contributed by atoms with Crippen molar-refractivity contribution >= 4 is 48.9 Å². The normalized spacial score (nSPS) is 16.3. The Hall–Kier alpha value is -1.26. The van der Waals surface area contributed by atoms with Gasteiger partial charge in [-0.15, -0.1) is 11.3 Å². The molecule has 1 fully saturated rings. The van der Waals surface area contributed by atoms with Crippen molar-refractivity contribution in [1.29, 1.82) is 0 Å². The van der Waals surface area contributed by atoms with Crippen LogP contribution in [0.2, 0.25) is 5.15 Å². The van der Waals surface area contributed by atoms with Gasteiger partial charge in [0.2, 0.25) is 10.0 Å². The van der Waals surface area contributed by atoms with E-state index in [9.17, 15) is 8.42 Å². The highest BCUT2D eigenvalue weighted by Crippen LogP contribution is 2.38. The predicted molar refractivity (Wildman–Crippen MR) is 124 cm³/mol. The second kappa shape index (κ2) is 8.35. The van der Waals surface area contributed by atoms with Crippen molar-refractivity contribution in [3.05, 3.63) is 49.5 Å². The highest BCUT2D eigenvalue weighted by molar-refractivity contribution is 9.10. The van der Waals surface area contributed by atoms with Gasteiger partial charge < -0.3 is 0 Å². The van der Waals surface area contributed by atoms with Gasteiger partial charge in [0.05, 0.1) is 16.4 Å². The number of hydrogen-bond donors (Lipinski definition) is 0. The Balaban J connectivity index is 1.51. The molecular formula is C20H22BrClN4O2S2. The monoisotopic (exact) mass is 528 g/mol. The molecule has 4 rings (SSSR count). The topological polar surface area (TPSA) is 68.1 Å². The quantitative estimate of drug-likeness (QED) is 0.469. The van der Waals surface area contributed by atoms with Crippen LogP contribution in [0.4, 0.5) is 0 Å². The van der Waals surface area contributed by atoms with Gasteiger partial charge in [-0.05, 0) is 38.8 Å². The van der Waals surface area contributed by atoms with E-state index in [2.05, 4.69) is 40.1 Å². The van der Waals surface area contributed by atoms with Gasteiger partial charge in [0.1, 0.15) is 10.0 Å².